The third-order valence-electron chi connectivity index (χ3n) is 7.13. The summed E-state index contributed by atoms with van der Waals surface area (Å²) in [6.07, 6.45) is -2.03. The molecule has 4 aromatic rings. The molecular weight excluding hydrogens is 544 g/mol. The molecule has 0 amide bonds. The van der Waals surface area contributed by atoms with Crippen LogP contribution < -0.4 is 0 Å². The Morgan fingerprint density at radius 2 is 1.07 bits per heavy atom. The minimum absolute atomic E-state index is 0.0543. The molecule has 1 heterocycles. The van der Waals surface area contributed by atoms with Crippen LogP contribution in [0.1, 0.15) is 29.2 Å². The van der Waals surface area contributed by atoms with E-state index in [4.69, 9.17) is 28.4 Å². The predicted octanol–water partition coefficient (Wildman–Crippen LogP) is 6.25. The molecule has 1 aliphatic rings. The molecule has 0 radical (unpaired) electrons. The highest BCUT2D eigenvalue weighted by molar-refractivity contribution is 5.66. The lowest BCUT2D eigenvalue weighted by Crippen LogP contribution is -2.52. The van der Waals surface area contributed by atoms with E-state index in [-0.39, 0.29) is 19.8 Å². The Hall–Kier alpha value is -3.85. The Morgan fingerprint density at radius 3 is 1.56 bits per heavy atom. The smallest absolute Gasteiger partial charge is 0.305 e. The van der Waals surface area contributed by atoms with E-state index in [1.165, 1.54) is 6.92 Å². The van der Waals surface area contributed by atoms with Crippen LogP contribution in [0.2, 0.25) is 0 Å². The van der Waals surface area contributed by atoms with Crippen LogP contribution in [0.4, 0.5) is 0 Å². The summed E-state index contributed by atoms with van der Waals surface area (Å²) >= 11 is 0. The van der Waals surface area contributed by atoms with Crippen LogP contribution in [0.25, 0.3) is 0 Å². The highest BCUT2D eigenvalue weighted by Gasteiger charge is 2.60. The average molecular weight is 583 g/mol. The normalized spacial score (nSPS) is 21.5. The van der Waals surface area contributed by atoms with E-state index >= 15 is 0 Å². The van der Waals surface area contributed by atoms with Gasteiger partial charge in [0.15, 0.2) is 6.10 Å². The van der Waals surface area contributed by atoms with Crippen molar-refractivity contribution in [2.24, 2.45) is 0 Å². The summed E-state index contributed by atoms with van der Waals surface area (Å²) in [4.78, 5) is 12.6. The molecule has 0 bridgehead atoms. The van der Waals surface area contributed by atoms with E-state index in [1.54, 1.807) is 0 Å². The lowest BCUT2D eigenvalue weighted by molar-refractivity contribution is -0.278. The highest BCUT2D eigenvalue weighted by Crippen LogP contribution is 2.39. The molecule has 4 aromatic carbocycles. The Labute approximate surface area is 253 Å². The van der Waals surface area contributed by atoms with Gasteiger partial charge < -0.3 is 28.4 Å². The Bertz CT molecular complexity index is 1370. The summed E-state index contributed by atoms with van der Waals surface area (Å²) in [7, 11) is 0. The first kappa shape index (κ1) is 30.6. The number of carbonyl (C=O) groups is 1. The van der Waals surface area contributed by atoms with Crippen LogP contribution in [0.5, 0.6) is 0 Å². The van der Waals surface area contributed by atoms with Crippen molar-refractivity contribution in [3.8, 4) is 0 Å². The Balaban J connectivity index is 1.41. The van der Waals surface area contributed by atoms with Gasteiger partial charge in [0.25, 0.3) is 5.79 Å². The predicted molar refractivity (Wildman–Crippen MR) is 162 cm³/mol. The first-order valence-electron chi connectivity index (χ1n) is 14.5. The summed E-state index contributed by atoms with van der Waals surface area (Å²) in [5.74, 6) is -2.07. The van der Waals surface area contributed by atoms with Gasteiger partial charge in [0.05, 0.1) is 33.0 Å². The SMILES string of the molecule is CC(=O)OC1(COCc2ccccc2)O[C@H](COCc2ccccc2)[C@@H](OCc2ccccc2)[C@@H]1OCc1ccccc1. The van der Waals surface area contributed by atoms with Crippen LogP contribution in [0, 0.1) is 0 Å². The molecule has 0 aliphatic carbocycles. The van der Waals surface area contributed by atoms with E-state index < -0.39 is 30.1 Å². The van der Waals surface area contributed by atoms with Crippen molar-refractivity contribution in [1.82, 2.24) is 0 Å². The molecule has 1 saturated heterocycles. The van der Waals surface area contributed by atoms with Gasteiger partial charge in [-0.25, -0.2) is 0 Å². The number of esters is 1. The van der Waals surface area contributed by atoms with Gasteiger partial charge in [0.1, 0.15) is 18.8 Å². The molecule has 1 fully saturated rings. The van der Waals surface area contributed by atoms with Crippen molar-refractivity contribution in [3.63, 3.8) is 0 Å². The van der Waals surface area contributed by atoms with Crippen molar-refractivity contribution >= 4 is 5.97 Å². The quantitative estimate of drug-likeness (QED) is 0.154. The summed E-state index contributed by atoms with van der Waals surface area (Å²) in [6, 6.07) is 39.4. The van der Waals surface area contributed by atoms with Gasteiger partial charge in [-0.15, -0.1) is 0 Å². The van der Waals surface area contributed by atoms with Crippen molar-refractivity contribution in [2.75, 3.05) is 13.2 Å². The Morgan fingerprint density at radius 1 is 0.628 bits per heavy atom. The highest BCUT2D eigenvalue weighted by atomic mass is 16.8. The van der Waals surface area contributed by atoms with Crippen LogP contribution in [-0.4, -0.2) is 43.3 Å². The van der Waals surface area contributed by atoms with Gasteiger partial charge in [-0.3, -0.25) is 4.79 Å². The number of ether oxygens (including phenoxy) is 6. The molecule has 7 heteroatoms. The molecule has 224 valence electrons. The summed E-state index contributed by atoms with van der Waals surface area (Å²) in [6.45, 7) is 2.78. The summed E-state index contributed by atoms with van der Waals surface area (Å²) in [5, 5.41) is 0. The maximum atomic E-state index is 12.6. The molecule has 0 spiro atoms. The summed E-state index contributed by atoms with van der Waals surface area (Å²) in [5.41, 5.74) is 3.99. The minimum atomic E-state index is -1.56. The number of hydrogen-bond acceptors (Lipinski definition) is 7. The van der Waals surface area contributed by atoms with E-state index in [2.05, 4.69) is 0 Å². The average Bonchev–Trinajstić information content (AvgIpc) is 3.31. The lowest BCUT2D eigenvalue weighted by Gasteiger charge is -2.34. The molecule has 1 aliphatic heterocycles. The van der Waals surface area contributed by atoms with E-state index in [9.17, 15) is 4.79 Å². The van der Waals surface area contributed by atoms with Crippen LogP contribution >= 0.6 is 0 Å². The minimum Gasteiger partial charge on any atom is -0.428 e. The zero-order chi connectivity index (χ0) is 29.7. The second-order valence-electron chi connectivity index (χ2n) is 10.5. The topological polar surface area (TPSA) is 72.5 Å². The Kier molecular flexibility index (Phi) is 11.1. The third-order valence-corrected chi connectivity index (χ3v) is 7.13. The fourth-order valence-corrected chi connectivity index (χ4v) is 5.13. The van der Waals surface area contributed by atoms with E-state index in [0.717, 1.165) is 22.3 Å². The zero-order valence-corrected chi connectivity index (χ0v) is 24.4. The number of hydrogen-bond donors (Lipinski definition) is 0. The summed E-state index contributed by atoms with van der Waals surface area (Å²) < 4.78 is 37.9. The van der Waals surface area contributed by atoms with Crippen LogP contribution in [0.15, 0.2) is 121 Å². The molecule has 43 heavy (non-hydrogen) atoms. The fraction of sp³-hybridized carbons (Fsp3) is 0.306. The first-order valence-corrected chi connectivity index (χ1v) is 14.5. The second kappa shape index (κ2) is 15.6. The van der Waals surface area contributed by atoms with Gasteiger partial charge in [0.2, 0.25) is 0 Å². The van der Waals surface area contributed by atoms with Crippen molar-refractivity contribution < 1.29 is 33.2 Å². The van der Waals surface area contributed by atoms with Gasteiger partial charge in [-0.1, -0.05) is 121 Å². The molecule has 0 aromatic heterocycles. The van der Waals surface area contributed by atoms with Gasteiger partial charge in [-0.2, -0.15) is 0 Å². The molecule has 4 atom stereocenters. The largest absolute Gasteiger partial charge is 0.428 e. The fourth-order valence-electron chi connectivity index (χ4n) is 5.13. The van der Waals surface area contributed by atoms with E-state index in [1.807, 2.05) is 121 Å². The lowest BCUT2D eigenvalue weighted by atomic mass is 10.0. The molecule has 0 saturated carbocycles. The molecular formula is C36H38O7. The standard InChI is InChI=1S/C36H38O7/c1-28(37)42-36(27-39-23-30-16-8-3-9-17-30)35(41-25-32-20-12-5-13-21-32)34(40-24-31-18-10-4-11-19-31)33(43-36)26-38-22-29-14-6-2-7-15-29/h2-21,33-35H,22-27H2,1H3/t33-,34-,35+,36?/m1/s1. The van der Waals surface area contributed by atoms with Gasteiger partial charge in [-0.05, 0) is 22.3 Å². The van der Waals surface area contributed by atoms with Crippen LogP contribution in [-0.2, 0) is 59.6 Å². The maximum Gasteiger partial charge on any atom is 0.305 e. The maximum absolute atomic E-state index is 12.6. The molecule has 7 nitrogen and oxygen atoms in total. The van der Waals surface area contributed by atoms with Gasteiger partial charge >= 0.3 is 5.97 Å². The third kappa shape index (κ3) is 8.83. The molecule has 0 N–H and O–H groups in total. The number of benzene rings is 4. The second-order valence-corrected chi connectivity index (χ2v) is 10.5. The monoisotopic (exact) mass is 582 g/mol. The number of carbonyl (C=O) groups excluding carboxylic acids is 1. The molecule has 1 unspecified atom stereocenters. The zero-order valence-electron chi connectivity index (χ0n) is 24.4. The number of rotatable bonds is 15. The first-order chi connectivity index (χ1) is 21.1. The van der Waals surface area contributed by atoms with Crippen molar-refractivity contribution in [1.29, 1.82) is 0 Å². The van der Waals surface area contributed by atoms with Crippen molar-refractivity contribution in [2.45, 2.75) is 57.5 Å². The van der Waals surface area contributed by atoms with Gasteiger partial charge in [0, 0.05) is 6.92 Å². The van der Waals surface area contributed by atoms with E-state index in [0.29, 0.717) is 19.8 Å². The van der Waals surface area contributed by atoms with Crippen LogP contribution in [0.3, 0.4) is 0 Å². The van der Waals surface area contributed by atoms with Crippen molar-refractivity contribution in [3.05, 3.63) is 144 Å². The molecule has 5 rings (SSSR count).